The van der Waals surface area contributed by atoms with Crippen molar-refractivity contribution >= 4 is 17.9 Å². The summed E-state index contributed by atoms with van der Waals surface area (Å²) in [5.74, 6) is -1.73. The molecule has 0 aliphatic carbocycles. The lowest BCUT2D eigenvalue weighted by molar-refractivity contribution is -0.889. The number of quaternary nitrogens is 1. The van der Waals surface area contributed by atoms with E-state index in [0.29, 0.717) is 12.8 Å². The molecule has 0 radical (unpaired) electrons. The maximum Gasteiger partial charge on any atom is 0.306 e. The summed E-state index contributed by atoms with van der Waals surface area (Å²) in [6, 6.07) is -0.728. The van der Waals surface area contributed by atoms with E-state index in [1.54, 1.807) is 0 Å². The van der Waals surface area contributed by atoms with Crippen LogP contribution in [0, 0.1) is 0 Å². The molecule has 8 heteroatoms. The zero-order valence-corrected chi connectivity index (χ0v) is 46.0. The smallest absolute Gasteiger partial charge is 0.306 e. The van der Waals surface area contributed by atoms with Gasteiger partial charge in [0, 0.05) is 19.3 Å². The minimum atomic E-state index is -1.12. The highest BCUT2D eigenvalue weighted by atomic mass is 16.6. The summed E-state index contributed by atoms with van der Waals surface area (Å²) in [6.07, 6.45) is 64.4. The topological polar surface area (TPSA) is 102 Å². The fraction of sp³-hybridized carbons (Fsp3) is 0.820. The van der Waals surface area contributed by atoms with Gasteiger partial charge < -0.3 is 28.6 Å². The largest absolute Gasteiger partial charge is 0.544 e. The Hall–Kier alpha value is -2.71. The Morgan fingerprint density at radius 3 is 1.22 bits per heavy atom. The van der Waals surface area contributed by atoms with Crippen LogP contribution in [0.2, 0.25) is 0 Å². The van der Waals surface area contributed by atoms with E-state index in [1.165, 1.54) is 180 Å². The number of rotatable bonds is 53. The van der Waals surface area contributed by atoms with Gasteiger partial charge in [-0.1, -0.05) is 229 Å². The lowest BCUT2D eigenvalue weighted by Crippen LogP contribution is -2.55. The molecule has 0 heterocycles. The molecular formula is C61H111NO7. The number of hydrogen-bond acceptors (Lipinski definition) is 7. The summed E-state index contributed by atoms with van der Waals surface area (Å²) < 4.78 is 17.3. The third kappa shape index (κ3) is 50.0. The van der Waals surface area contributed by atoms with Crippen molar-refractivity contribution in [1.82, 2.24) is 0 Å². The number of carboxylic acids is 1. The molecule has 0 aromatic carbocycles. The van der Waals surface area contributed by atoms with Crippen LogP contribution in [0.15, 0.2) is 48.6 Å². The zero-order valence-electron chi connectivity index (χ0n) is 46.0. The van der Waals surface area contributed by atoms with Crippen molar-refractivity contribution in [2.45, 2.75) is 283 Å². The maximum absolute atomic E-state index is 12.8. The highest BCUT2D eigenvalue weighted by Crippen LogP contribution is 2.17. The van der Waals surface area contributed by atoms with Crippen LogP contribution in [-0.4, -0.2) is 75.5 Å². The van der Waals surface area contributed by atoms with Gasteiger partial charge in [-0.2, -0.15) is 0 Å². The van der Waals surface area contributed by atoms with Gasteiger partial charge in [-0.25, -0.2) is 0 Å². The van der Waals surface area contributed by atoms with E-state index >= 15 is 0 Å². The van der Waals surface area contributed by atoms with E-state index < -0.39 is 18.1 Å². The summed E-state index contributed by atoms with van der Waals surface area (Å²) in [5, 5.41) is 11.7. The molecule has 0 aliphatic heterocycles. The van der Waals surface area contributed by atoms with E-state index in [4.69, 9.17) is 14.2 Å². The third-order valence-electron chi connectivity index (χ3n) is 13.2. The zero-order chi connectivity index (χ0) is 50.6. The number of aliphatic carboxylic acids is 1. The van der Waals surface area contributed by atoms with E-state index in [9.17, 15) is 19.5 Å². The molecule has 0 bridgehead atoms. The molecule has 0 saturated carbocycles. The Balaban J connectivity index is 4.15. The third-order valence-corrected chi connectivity index (χ3v) is 13.2. The van der Waals surface area contributed by atoms with Gasteiger partial charge in [-0.15, -0.1) is 0 Å². The molecule has 0 aromatic rings. The van der Waals surface area contributed by atoms with Gasteiger partial charge in [-0.05, 0) is 70.6 Å². The quantitative estimate of drug-likeness (QED) is 0.0259. The maximum atomic E-state index is 12.8. The van der Waals surface area contributed by atoms with Crippen LogP contribution < -0.4 is 5.11 Å². The fourth-order valence-electron chi connectivity index (χ4n) is 8.73. The van der Waals surface area contributed by atoms with E-state index in [2.05, 4.69) is 62.5 Å². The molecule has 0 fully saturated rings. The number of carbonyl (C=O) groups excluding carboxylic acids is 3. The predicted octanol–water partition coefficient (Wildman–Crippen LogP) is 16.2. The Kier molecular flexibility index (Phi) is 49.6. The Morgan fingerprint density at radius 1 is 0.449 bits per heavy atom. The van der Waals surface area contributed by atoms with Crippen molar-refractivity contribution in [3.05, 3.63) is 48.6 Å². The van der Waals surface area contributed by atoms with Crippen molar-refractivity contribution in [2.24, 2.45) is 0 Å². The van der Waals surface area contributed by atoms with Crippen LogP contribution >= 0.6 is 0 Å². The summed E-state index contributed by atoms with van der Waals surface area (Å²) in [5.41, 5.74) is 0. The average molecular weight is 971 g/mol. The number of carboxylic acid groups (broad SMARTS) is 1. The van der Waals surface area contributed by atoms with Gasteiger partial charge in [0.25, 0.3) is 0 Å². The van der Waals surface area contributed by atoms with Crippen molar-refractivity contribution in [3.63, 3.8) is 0 Å². The lowest BCUT2D eigenvalue weighted by atomic mass is 10.0. The number of esters is 2. The number of carbonyl (C=O) groups is 3. The molecule has 0 rings (SSSR count). The van der Waals surface area contributed by atoms with Gasteiger partial charge in [0.1, 0.15) is 12.6 Å². The first-order valence-electron chi connectivity index (χ1n) is 29.2. The summed E-state index contributed by atoms with van der Waals surface area (Å²) in [4.78, 5) is 37.2. The van der Waals surface area contributed by atoms with E-state index in [1.807, 2.05) is 21.1 Å². The number of allylic oxidation sites excluding steroid dienone is 8. The predicted molar refractivity (Wildman–Crippen MR) is 291 cm³/mol. The average Bonchev–Trinajstić information content (AvgIpc) is 3.31. The molecule has 402 valence electrons. The number of hydrogen-bond donors (Lipinski definition) is 0. The summed E-state index contributed by atoms with van der Waals surface area (Å²) in [7, 11) is 5.43. The van der Waals surface area contributed by atoms with E-state index in [0.717, 1.165) is 57.8 Å². The van der Waals surface area contributed by atoms with Gasteiger partial charge in [0.15, 0.2) is 6.10 Å². The van der Waals surface area contributed by atoms with Crippen molar-refractivity contribution in [3.8, 4) is 0 Å². The van der Waals surface area contributed by atoms with Gasteiger partial charge in [0.2, 0.25) is 0 Å². The van der Waals surface area contributed by atoms with Crippen molar-refractivity contribution < 1.29 is 38.2 Å². The van der Waals surface area contributed by atoms with Crippen molar-refractivity contribution in [1.29, 1.82) is 0 Å². The number of unbranched alkanes of at least 4 members (excludes halogenated alkanes) is 31. The normalized spacial score (nSPS) is 13.1. The molecule has 69 heavy (non-hydrogen) atoms. The SMILES string of the molecule is CC/C=C/C/C=C/C/C=C/CCCCCCCCCCCCCCCC(=O)OC(COCCC(C(=O)[O-])[N+](C)(C)C)COC(=O)CCCCCCCCC/C=C/CCCCCCCCCCCCC. The highest BCUT2D eigenvalue weighted by molar-refractivity contribution is 5.70. The van der Waals surface area contributed by atoms with Crippen LogP contribution in [0.1, 0.15) is 271 Å². The second kappa shape index (κ2) is 51.6. The van der Waals surface area contributed by atoms with Gasteiger partial charge in [0.05, 0.1) is 40.3 Å². The fourth-order valence-corrected chi connectivity index (χ4v) is 8.73. The van der Waals surface area contributed by atoms with E-state index in [-0.39, 0.29) is 42.7 Å². The summed E-state index contributed by atoms with van der Waals surface area (Å²) >= 11 is 0. The second-order valence-corrected chi connectivity index (χ2v) is 20.8. The first kappa shape index (κ1) is 66.3. The molecule has 2 atom stereocenters. The molecule has 0 spiro atoms. The molecule has 0 N–H and O–H groups in total. The molecule has 2 unspecified atom stereocenters. The molecule has 8 nitrogen and oxygen atoms in total. The van der Waals surface area contributed by atoms with Gasteiger partial charge >= 0.3 is 11.9 Å². The summed E-state index contributed by atoms with van der Waals surface area (Å²) in [6.45, 7) is 4.59. The Labute approximate surface area is 426 Å². The Morgan fingerprint density at radius 2 is 0.812 bits per heavy atom. The number of ether oxygens (including phenoxy) is 3. The molecule has 0 aliphatic rings. The molecular weight excluding hydrogens is 859 g/mol. The van der Waals surface area contributed by atoms with Crippen LogP contribution in [-0.2, 0) is 28.6 Å². The molecule has 0 aromatic heterocycles. The van der Waals surface area contributed by atoms with Crippen molar-refractivity contribution in [2.75, 3.05) is 41.0 Å². The first-order chi connectivity index (χ1) is 33.6. The van der Waals surface area contributed by atoms with Crippen LogP contribution in [0.25, 0.3) is 0 Å². The van der Waals surface area contributed by atoms with Gasteiger partial charge in [-0.3, -0.25) is 9.59 Å². The minimum Gasteiger partial charge on any atom is -0.544 e. The number of likely N-dealkylation sites (N-methyl/N-ethyl adjacent to an activating group) is 1. The van der Waals surface area contributed by atoms with Crippen LogP contribution in [0.4, 0.5) is 0 Å². The van der Waals surface area contributed by atoms with Crippen LogP contribution in [0.5, 0.6) is 0 Å². The molecule has 0 amide bonds. The standard InChI is InChI=1S/C61H111NO7/c1-6-8-10-12-14-16-18-20-22-24-26-28-30-32-34-36-38-40-42-44-46-48-50-52-60(64)69-57(55-67-54-53-58(61(65)66)62(3,4)5)56-68-59(63)51-49-47-45-43-41-39-37-35-33-31-29-27-25-23-21-19-17-15-13-11-9-7-2/h8,10,14,16,20,22,31,33,57-58H,6-7,9,11-13,15,17-19,21,23-30,32,34-56H2,1-5H3/b10-8+,16-14+,22-20+,33-31+. The second-order valence-electron chi connectivity index (χ2n) is 20.8. The molecule has 0 saturated heterocycles. The monoisotopic (exact) mass is 970 g/mol. The Bertz CT molecular complexity index is 1270. The number of nitrogens with zero attached hydrogens (tertiary/aromatic N) is 1. The first-order valence-corrected chi connectivity index (χ1v) is 29.2. The minimum absolute atomic E-state index is 0.0405. The highest BCUT2D eigenvalue weighted by Gasteiger charge is 2.25. The van der Waals surface area contributed by atoms with Crippen LogP contribution in [0.3, 0.4) is 0 Å². The lowest BCUT2D eigenvalue weighted by Gasteiger charge is -2.34.